The average molecular weight is 368 g/mol. The third-order valence-corrected chi connectivity index (χ3v) is 3.99. The fourth-order valence-electron chi connectivity index (χ4n) is 2.59. The van der Waals surface area contributed by atoms with Crippen molar-refractivity contribution >= 4 is 17.5 Å². The first-order valence-electron chi connectivity index (χ1n) is 8.43. The SMILES string of the molecule is CC(C)C(NC(=O)c1ccco1)C(=O)Nc1cccc(-c2nnnn2C)c1. The van der Waals surface area contributed by atoms with Crippen LogP contribution in [-0.4, -0.2) is 38.1 Å². The zero-order chi connectivity index (χ0) is 19.4. The van der Waals surface area contributed by atoms with Crippen molar-refractivity contribution < 1.29 is 14.0 Å². The Bertz CT molecular complexity index is 932. The van der Waals surface area contributed by atoms with Crippen LogP contribution in [0.3, 0.4) is 0 Å². The highest BCUT2D eigenvalue weighted by Crippen LogP contribution is 2.20. The molecule has 27 heavy (non-hydrogen) atoms. The molecule has 1 aromatic carbocycles. The van der Waals surface area contributed by atoms with Gasteiger partial charge in [0, 0.05) is 18.3 Å². The molecule has 0 fully saturated rings. The van der Waals surface area contributed by atoms with Gasteiger partial charge in [0.15, 0.2) is 11.6 Å². The molecule has 2 N–H and O–H groups in total. The largest absolute Gasteiger partial charge is 0.459 e. The predicted octanol–water partition coefficient (Wildman–Crippen LogP) is 1.86. The van der Waals surface area contributed by atoms with Crippen molar-refractivity contribution in [3.05, 3.63) is 48.4 Å². The molecule has 3 rings (SSSR count). The van der Waals surface area contributed by atoms with Crippen molar-refractivity contribution in [1.29, 1.82) is 0 Å². The average Bonchev–Trinajstić information content (AvgIpc) is 3.31. The number of amides is 2. The number of hydrogen-bond acceptors (Lipinski definition) is 6. The molecule has 0 aliphatic carbocycles. The number of benzene rings is 1. The van der Waals surface area contributed by atoms with E-state index in [4.69, 9.17) is 4.42 Å². The van der Waals surface area contributed by atoms with Crippen LogP contribution in [-0.2, 0) is 11.8 Å². The molecule has 0 aliphatic rings. The second-order valence-electron chi connectivity index (χ2n) is 6.37. The first-order chi connectivity index (χ1) is 13.0. The highest BCUT2D eigenvalue weighted by Gasteiger charge is 2.25. The quantitative estimate of drug-likeness (QED) is 0.686. The lowest BCUT2D eigenvalue weighted by Gasteiger charge is -2.21. The van der Waals surface area contributed by atoms with Gasteiger partial charge in [0.1, 0.15) is 6.04 Å². The van der Waals surface area contributed by atoms with Crippen LogP contribution in [0.2, 0.25) is 0 Å². The summed E-state index contributed by atoms with van der Waals surface area (Å²) in [7, 11) is 1.74. The number of hydrogen-bond donors (Lipinski definition) is 2. The summed E-state index contributed by atoms with van der Waals surface area (Å²) in [5.41, 5.74) is 1.35. The van der Waals surface area contributed by atoms with Crippen LogP contribution in [0.15, 0.2) is 47.1 Å². The van der Waals surface area contributed by atoms with Gasteiger partial charge >= 0.3 is 0 Å². The van der Waals surface area contributed by atoms with Crippen LogP contribution < -0.4 is 10.6 Å². The van der Waals surface area contributed by atoms with Crippen LogP contribution in [0.25, 0.3) is 11.4 Å². The fourth-order valence-corrected chi connectivity index (χ4v) is 2.59. The van der Waals surface area contributed by atoms with Crippen LogP contribution in [0.5, 0.6) is 0 Å². The van der Waals surface area contributed by atoms with E-state index in [-0.39, 0.29) is 17.6 Å². The number of carbonyl (C=O) groups is 2. The van der Waals surface area contributed by atoms with Crippen molar-refractivity contribution in [3.63, 3.8) is 0 Å². The van der Waals surface area contributed by atoms with E-state index in [1.54, 1.807) is 42.1 Å². The highest BCUT2D eigenvalue weighted by atomic mass is 16.3. The normalized spacial score (nSPS) is 12.0. The van der Waals surface area contributed by atoms with Gasteiger partial charge in [-0.2, -0.15) is 0 Å². The molecule has 9 nitrogen and oxygen atoms in total. The lowest BCUT2D eigenvalue weighted by Crippen LogP contribution is -2.47. The lowest BCUT2D eigenvalue weighted by atomic mass is 10.0. The van der Waals surface area contributed by atoms with E-state index in [9.17, 15) is 9.59 Å². The molecule has 1 unspecified atom stereocenters. The van der Waals surface area contributed by atoms with Crippen molar-refractivity contribution in [1.82, 2.24) is 25.5 Å². The van der Waals surface area contributed by atoms with Gasteiger partial charge in [0.25, 0.3) is 5.91 Å². The third-order valence-electron chi connectivity index (χ3n) is 3.99. The van der Waals surface area contributed by atoms with Crippen LogP contribution >= 0.6 is 0 Å². The van der Waals surface area contributed by atoms with Crippen molar-refractivity contribution in [2.45, 2.75) is 19.9 Å². The van der Waals surface area contributed by atoms with E-state index >= 15 is 0 Å². The minimum atomic E-state index is -0.720. The number of furan rings is 1. The Morgan fingerprint density at radius 1 is 1.19 bits per heavy atom. The maximum absolute atomic E-state index is 12.7. The Balaban J connectivity index is 1.74. The zero-order valence-corrected chi connectivity index (χ0v) is 15.2. The minimum Gasteiger partial charge on any atom is -0.459 e. The molecular weight excluding hydrogens is 348 g/mol. The van der Waals surface area contributed by atoms with E-state index in [0.29, 0.717) is 11.5 Å². The van der Waals surface area contributed by atoms with Crippen molar-refractivity contribution in [2.24, 2.45) is 13.0 Å². The molecule has 0 saturated heterocycles. The van der Waals surface area contributed by atoms with Crippen molar-refractivity contribution in [3.8, 4) is 11.4 Å². The number of aryl methyl sites for hydroxylation is 1. The summed E-state index contributed by atoms with van der Waals surface area (Å²) in [5.74, 6) is -0.135. The first-order valence-corrected chi connectivity index (χ1v) is 8.43. The fraction of sp³-hybridized carbons (Fsp3) is 0.278. The standard InChI is InChI=1S/C18H20N6O3/c1-11(2)15(20-17(25)14-8-5-9-27-14)18(26)19-13-7-4-6-12(10-13)16-21-22-23-24(16)3/h4-11,15H,1-3H3,(H,19,26)(H,20,25). The molecule has 2 amide bonds. The van der Waals surface area contributed by atoms with E-state index in [2.05, 4.69) is 26.2 Å². The van der Waals surface area contributed by atoms with E-state index in [0.717, 1.165) is 5.56 Å². The van der Waals surface area contributed by atoms with Gasteiger partial charge < -0.3 is 15.1 Å². The second kappa shape index (κ2) is 7.81. The summed E-state index contributed by atoms with van der Waals surface area (Å²) < 4.78 is 6.62. The number of nitrogens with one attached hydrogen (secondary N) is 2. The number of aromatic nitrogens is 4. The maximum Gasteiger partial charge on any atom is 0.287 e. The van der Waals surface area contributed by atoms with E-state index < -0.39 is 11.9 Å². The first kappa shape index (κ1) is 18.3. The summed E-state index contributed by atoms with van der Waals surface area (Å²) in [6.45, 7) is 3.71. The van der Waals surface area contributed by atoms with Gasteiger partial charge in [-0.05, 0) is 40.6 Å². The van der Waals surface area contributed by atoms with Gasteiger partial charge in [0.2, 0.25) is 5.91 Å². The smallest absolute Gasteiger partial charge is 0.287 e. The molecule has 0 aliphatic heterocycles. The molecule has 2 heterocycles. The molecule has 0 bridgehead atoms. The molecular formula is C18H20N6O3. The molecule has 2 aromatic heterocycles. The van der Waals surface area contributed by atoms with E-state index in [1.807, 2.05) is 19.9 Å². The zero-order valence-electron chi connectivity index (χ0n) is 15.2. The summed E-state index contributed by atoms with van der Waals surface area (Å²) in [6, 6.07) is 9.62. The number of nitrogens with zero attached hydrogens (tertiary/aromatic N) is 4. The summed E-state index contributed by atoms with van der Waals surface area (Å²) >= 11 is 0. The third kappa shape index (κ3) is 4.20. The molecule has 0 radical (unpaired) electrons. The number of carbonyl (C=O) groups excluding carboxylic acids is 2. The highest BCUT2D eigenvalue weighted by molar-refractivity contribution is 6.00. The Hall–Kier alpha value is -3.49. The van der Waals surface area contributed by atoms with Gasteiger partial charge in [0.05, 0.1) is 6.26 Å². The van der Waals surface area contributed by atoms with Crippen molar-refractivity contribution in [2.75, 3.05) is 5.32 Å². The Labute approximate surface area is 155 Å². The number of rotatable bonds is 6. The lowest BCUT2D eigenvalue weighted by molar-refractivity contribution is -0.118. The Morgan fingerprint density at radius 3 is 2.63 bits per heavy atom. The molecule has 3 aromatic rings. The van der Waals surface area contributed by atoms with Crippen LogP contribution in [0, 0.1) is 5.92 Å². The Kier molecular flexibility index (Phi) is 5.30. The van der Waals surface area contributed by atoms with Gasteiger partial charge in [-0.15, -0.1) is 5.10 Å². The molecule has 140 valence electrons. The van der Waals surface area contributed by atoms with Gasteiger partial charge in [-0.25, -0.2) is 4.68 Å². The Morgan fingerprint density at radius 2 is 2.00 bits per heavy atom. The van der Waals surface area contributed by atoms with E-state index in [1.165, 1.54) is 6.26 Å². The molecule has 1 atom stereocenters. The number of tetrazole rings is 1. The maximum atomic E-state index is 12.7. The van der Waals surface area contributed by atoms with Gasteiger partial charge in [-0.1, -0.05) is 26.0 Å². The molecule has 0 saturated carbocycles. The second-order valence-corrected chi connectivity index (χ2v) is 6.37. The van der Waals surface area contributed by atoms with Gasteiger partial charge in [-0.3, -0.25) is 9.59 Å². The summed E-state index contributed by atoms with van der Waals surface area (Å²) in [5, 5.41) is 16.9. The number of anilines is 1. The molecule has 9 heteroatoms. The monoisotopic (exact) mass is 368 g/mol. The summed E-state index contributed by atoms with van der Waals surface area (Å²) in [6.07, 6.45) is 1.41. The van der Waals surface area contributed by atoms with Crippen LogP contribution in [0.4, 0.5) is 5.69 Å². The summed E-state index contributed by atoms with van der Waals surface area (Å²) in [4.78, 5) is 24.9. The topological polar surface area (TPSA) is 115 Å². The predicted molar refractivity (Wildman–Crippen MR) is 97.7 cm³/mol. The van der Waals surface area contributed by atoms with Crippen LogP contribution in [0.1, 0.15) is 24.4 Å². The minimum absolute atomic E-state index is 0.116. The molecule has 0 spiro atoms.